The first kappa shape index (κ1) is 7.35. The third-order valence-electron chi connectivity index (χ3n) is 2.25. The maximum atomic E-state index is 7.56. The molecular formula is C10H12N2. The molecule has 0 radical (unpaired) electrons. The molecule has 0 saturated carbocycles. The Morgan fingerprint density at radius 2 is 2.33 bits per heavy atom. The molecule has 0 fully saturated rings. The van der Waals surface area contributed by atoms with Gasteiger partial charge in [0.05, 0.1) is 0 Å². The predicted molar refractivity (Wildman–Crippen MR) is 51.1 cm³/mol. The predicted octanol–water partition coefficient (Wildman–Crippen LogP) is 2.04. The van der Waals surface area contributed by atoms with Gasteiger partial charge in [-0.2, -0.15) is 0 Å². The van der Waals surface area contributed by atoms with E-state index in [9.17, 15) is 0 Å². The third kappa shape index (κ3) is 0.998. The Kier molecular flexibility index (Phi) is 1.61. The Labute approximate surface area is 72.1 Å². The summed E-state index contributed by atoms with van der Waals surface area (Å²) in [5, 5.41) is 10.9. The van der Waals surface area contributed by atoms with E-state index in [1.54, 1.807) is 0 Å². The molecule has 0 amide bonds. The molecule has 2 nitrogen and oxygen atoms in total. The molecule has 0 aromatic heterocycles. The summed E-state index contributed by atoms with van der Waals surface area (Å²) in [6.07, 6.45) is 1.09. The lowest BCUT2D eigenvalue weighted by Gasteiger charge is -2.06. The van der Waals surface area contributed by atoms with Gasteiger partial charge < -0.3 is 10.7 Å². The average Bonchev–Trinajstić information content (AvgIpc) is 2.49. The summed E-state index contributed by atoms with van der Waals surface area (Å²) < 4.78 is 0. The first-order valence-electron chi connectivity index (χ1n) is 4.20. The van der Waals surface area contributed by atoms with Gasteiger partial charge in [0.25, 0.3) is 0 Å². The maximum absolute atomic E-state index is 7.56. The molecule has 0 aliphatic carbocycles. The molecule has 1 heterocycles. The zero-order valence-corrected chi connectivity index (χ0v) is 7.15. The van der Waals surface area contributed by atoms with Gasteiger partial charge in [0, 0.05) is 23.5 Å². The fourth-order valence-corrected chi connectivity index (χ4v) is 1.65. The molecule has 0 atom stereocenters. The van der Waals surface area contributed by atoms with E-state index in [0.717, 1.165) is 18.5 Å². The first-order chi connectivity index (χ1) is 5.79. The Morgan fingerprint density at radius 3 is 3.08 bits per heavy atom. The highest BCUT2D eigenvalue weighted by Crippen LogP contribution is 2.26. The van der Waals surface area contributed by atoms with E-state index < -0.39 is 0 Å². The first-order valence-corrected chi connectivity index (χ1v) is 4.20. The molecule has 0 saturated heterocycles. The summed E-state index contributed by atoms with van der Waals surface area (Å²) >= 11 is 0. The van der Waals surface area contributed by atoms with Crippen LogP contribution in [-0.4, -0.2) is 12.3 Å². The van der Waals surface area contributed by atoms with Crippen LogP contribution in [0.1, 0.15) is 18.1 Å². The van der Waals surface area contributed by atoms with Crippen molar-refractivity contribution in [1.82, 2.24) is 0 Å². The van der Waals surface area contributed by atoms with Gasteiger partial charge in [-0.25, -0.2) is 0 Å². The van der Waals surface area contributed by atoms with Crippen molar-refractivity contribution >= 4 is 11.4 Å². The van der Waals surface area contributed by atoms with Crippen LogP contribution in [0, 0.1) is 5.41 Å². The zero-order chi connectivity index (χ0) is 8.55. The second-order valence-electron chi connectivity index (χ2n) is 3.14. The molecule has 2 rings (SSSR count). The molecule has 1 aromatic carbocycles. The van der Waals surface area contributed by atoms with Gasteiger partial charge in [0.1, 0.15) is 0 Å². The maximum Gasteiger partial charge on any atom is 0.0465 e. The Morgan fingerprint density at radius 1 is 1.50 bits per heavy atom. The van der Waals surface area contributed by atoms with Crippen LogP contribution in [0.25, 0.3) is 0 Å². The number of rotatable bonds is 1. The van der Waals surface area contributed by atoms with Gasteiger partial charge in [-0.3, -0.25) is 0 Å². The van der Waals surface area contributed by atoms with Crippen LogP contribution in [0.3, 0.4) is 0 Å². The van der Waals surface area contributed by atoms with E-state index >= 15 is 0 Å². The van der Waals surface area contributed by atoms with Crippen molar-refractivity contribution in [3.63, 3.8) is 0 Å². The zero-order valence-electron chi connectivity index (χ0n) is 7.15. The molecule has 0 bridgehead atoms. The number of para-hydroxylation sites is 1. The minimum atomic E-state index is 0.640. The molecule has 62 valence electrons. The standard InChI is InChI=1S/C10H12N2/c1-7(11)9-4-2-3-8-5-6-12-10(8)9/h2-4,11-12H,5-6H2,1H3. The van der Waals surface area contributed by atoms with Crippen molar-refractivity contribution in [1.29, 1.82) is 5.41 Å². The number of nitrogens with one attached hydrogen (secondary N) is 2. The third-order valence-corrected chi connectivity index (χ3v) is 2.25. The van der Waals surface area contributed by atoms with Gasteiger partial charge in [0.2, 0.25) is 0 Å². The Balaban J connectivity index is 2.56. The minimum absolute atomic E-state index is 0.640. The van der Waals surface area contributed by atoms with Crippen LogP contribution < -0.4 is 5.32 Å². The highest BCUT2D eigenvalue weighted by Gasteiger charge is 2.13. The number of anilines is 1. The van der Waals surface area contributed by atoms with Crippen molar-refractivity contribution in [3.8, 4) is 0 Å². The SMILES string of the molecule is CC(=N)c1cccc2c1NCC2. The molecular weight excluding hydrogens is 148 g/mol. The second kappa shape index (κ2) is 2.63. The summed E-state index contributed by atoms with van der Waals surface area (Å²) in [5.41, 5.74) is 4.20. The summed E-state index contributed by atoms with van der Waals surface area (Å²) in [7, 11) is 0. The number of fused-ring (bicyclic) bond motifs is 1. The minimum Gasteiger partial charge on any atom is -0.384 e. The van der Waals surface area contributed by atoms with E-state index in [0.29, 0.717) is 5.71 Å². The lowest BCUT2D eigenvalue weighted by atomic mass is 10.0. The van der Waals surface area contributed by atoms with E-state index in [2.05, 4.69) is 11.4 Å². The fourth-order valence-electron chi connectivity index (χ4n) is 1.65. The molecule has 0 unspecified atom stereocenters. The largest absolute Gasteiger partial charge is 0.384 e. The monoisotopic (exact) mass is 160 g/mol. The molecule has 0 spiro atoms. The van der Waals surface area contributed by atoms with Crippen LogP contribution in [0.5, 0.6) is 0 Å². The highest BCUT2D eigenvalue weighted by atomic mass is 14.9. The van der Waals surface area contributed by atoms with E-state index in [1.807, 2.05) is 19.1 Å². The topological polar surface area (TPSA) is 35.9 Å². The molecule has 1 aromatic rings. The average molecular weight is 160 g/mol. The lowest BCUT2D eigenvalue weighted by Crippen LogP contribution is -1.99. The fraction of sp³-hybridized carbons (Fsp3) is 0.300. The molecule has 12 heavy (non-hydrogen) atoms. The van der Waals surface area contributed by atoms with Crippen LogP contribution in [0.4, 0.5) is 5.69 Å². The Hall–Kier alpha value is -1.31. The van der Waals surface area contributed by atoms with Crippen molar-refractivity contribution < 1.29 is 0 Å². The van der Waals surface area contributed by atoms with Crippen LogP contribution >= 0.6 is 0 Å². The van der Waals surface area contributed by atoms with Gasteiger partial charge >= 0.3 is 0 Å². The van der Waals surface area contributed by atoms with E-state index in [-0.39, 0.29) is 0 Å². The van der Waals surface area contributed by atoms with Crippen LogP contribution in [0.2, 0.25) is 0 Å². The summed E-state index contributed by atoms with van der Waals surface area (Å²) in [6, 6.07) is 6.15. The highest BCUT2D eigenvalue weighted by molar-refractivity contribution is 6.02. The van der Waals surface area contributed by atoms with Gasteiger partial charge in [-0.05, 0) is 18.9 Å². The van der Waals surface area contributed by atoms with Crippen molar-refractivity contribution in [3.05, 3.63) is 29.3 Å². The number of benzene rings is 1. The van der Waals surface area contributed by atoms with Crippen molar-refractivity contribution in [2.75, 3.05) is 11.9 Å². The molecule has 2 N–H and O–H groups in total. The van der Waals surface area contributed by atoms with Crippen LogP contribution in [-0.2, 0) is 6.42 Å². The summed E-state index contributed by atoms with van der Waals surface area (Å²) in [6.45, 7) is 2.84. The number of hydrogen-bond acceptors (Lipinski definition) is 2. The number of hydrogen-bond donors (Lipinski definition) is 2. The quantitative estimate of drug-likeness (QED) is 0.606. The normalized spacial score (nSPS) is 13.8. The van der Waals surface area contributed by atoms with E-state index in [4.69, 9.17) is 5.41 Å². The van der Waals surface area contributed by atoms with Crippen molar-refractivity contribution in [2.45, 2.75) is 13.3 Å². The van der Waals surface area contributed by atoms with Gasteiger partial charge in [-0.1, -0.05) is 18.2 Å². The molecule has 1 aliphatic rings. The van der Waals surface area contributed by atoms with Crippen molar-refractivity contribution in [2.24, 2.45) is 0 Å². The van der Waals surface area contributed by atoms with Crippen LogP contribution in [0.15, 0.2) is 18.2 Å². The molecule has 1 aliphatic heterocycles. The van der Waals surface area contributed by atoms with Gasteiger partial charge in [0.15, 0.2) is 0 Å². The second-order valence-corrected chi connectivity index (χ2v) is 3.14. The van der Waals surface area contributed by atoms with E-state index in [1.165, 1.54) is 11.3 Å². The lowest BCUT2D eigenvalue weighted by molar-refractivity contribution is 1.11. The molecule has 2 heteroatoms. The van der Waals surface area contributed by atoms with Gasteiger partial charge in [-0.15, -0.1) is 0 Å². The summed E-state index contributed by atoms with van der Waals surface area (Å²) in [5.74, 6) is 0. The smallest absolute Gasteiger partial charge is 0.0465 e. The summed E-state index contributed by atoms with van der Waals surface area (Å²) in [4.78, 5) is 0. The Bertz CT molecular complexity index is 329.